The van der Waals surface area contributed by atoms with Crippen molar-refractivity contribution in [2.75, 3.05) is 6.61 Å². The molecule has 0 aliphatic heterocycles. The van der Waals surface area contributed by atoms with Gasteiger partial charge in [-0.25, -0.2) is 4.79 Å². The second-order valence-electron chi connectivity index (χ2n) is 9.93. The maximum atomic E-state index is 12.9. The molecule has 0 bridgehead atoms. The highest BCUT2D eigenvalue weighted by molar-refractivity contribution is 6.03. The van der Waals surface area contributed by atoms with E-state index in [1.807, 2.05) is 6.92 Å². The van der Waals surface area contributed by atoms with Gasteiger partial charge >= 0.3 is 5.97 Å². The summed E-state index contributed by atoms with van der Waals surface area (Å²) in [5.74, 6) is -0.103. The first-order valence-corrected chi connectivity index (χ1v) is 11.7. The van der Waals surface area contributed by atoms with Crippen LogP contribution in [0.2, 0.25) is 0 Å². The van der Waals surface area contributed by atoms with Crippen LogP contribution in [-0.2, 0) is 16.6 Å². The number of ether oxygens (including phenoxy) is 1. The first-order valence-electron chi connectivity index (χ1n) is 11.7. The fraction of sp³-hybridized carbons (Fsp3) is 0.556. The second-order valence-corrected chi connectivity index (χ2v) is 9.93. The zero-order valence-electron chi connectivity index (χ0n) is 19.8. The van der Waals surface area contributed by atoms with Gasteiger partial charge < -0.3 is 9.72 Å². The molecule has 0 saturated carbocycles. The molecule has 4 heteroatoms. The molecule has 1 heterocycles. The van der Waals surface area contributed by atoms with Gasteiger partial charge in [0.2, 0.25) is 0 Å². The van der Waals surface area contributed by atoms with E-state index in [2.05, 4.69) is 56.9 Å². The molecule has 0 amide bonds. The number of esters is 1. The second kappa shape index (κ2) is 9.84. The molecule has 1 aromatic carbocycles. The Labute approximate surface area is 186 Å². The molecule has 0 fully saturated rings. The number of Topliss-reactive ketones (excluding diaryl/α,β-unsaturated/α-hetero) is 1. The molecule has 1 aromatic heterocycles. The first-order chi connectivity index (χ1) is 14.7. The number of fused-ring (bicyclic) bond motifs is 1. The summed E-state index contributed by atoms with van der Waals surface area (Å²) in [5, 5.41) is 0. The highest BCUT2D eigenvalue weighted by Gasteiger charge is 2.32. The zero-order valence-corrected chi connectivity index (χ0v) is 19.8. The fourth-order valence-electron chi connectivity index (χ4n) is 4.47. The summed E-state index contributed by atoms with van der Waals surface area (Å²) in [6.45, 7) is 11.1. The van der Waals surface area contributed by atoms with Gasteiger partial charge in [-0.1, -0.05) is 77.6 Å². The van der Waals surface area contributed by atoms with Crippen LogP contribution in [0, 0.1) is 6.92 Å². The average Bonchev–Trinajstić information content (AvgIpc) is 3.07. The molecule has 0 spiro atoms. The molecule has 1 atom stereocenters. The van der Waals surface area contributed by atoms with Crippen LogP contribution < -0.4 is 0 Å². The number of benzene rings is 1. The third-order valence-corrected chi connectivity index (χ3v) is 6.42. The van der Waals surface area contributed by atoms with Gasteiger partial charge in [-0.2, -0.15) is 0 Å². The molecule has 2 aromatic rings. The highest BCUT2D eigenvalue weighted by Crippen LogP contribution is 2.36. The van der Waals surface area contributed by atoms with Crippen molar-refractivity contribution in [2.45, 2.75) is 90.9 Å². The molecule has 168 valence electrons. The minimum atomic E-state index is -0.346. The SMILES string of the molecule is CCCCCCCOC(=O)c1[nH]c2c(c1C)C(=O)C[C@@H](c1ccc(C(C)(C)C)cc1)C2. The van der Waals surface area contributed by atoms with E-state index < -0.39 is 0 Å². The van der Waals surface area contributed by atoms with Crippen molar-refractivity contribution in [3.8, 4) is 0 Å². The topological polar surface area (TPSA) is 59.2 Å². The van der Waals surface area contributed by atoms with Crippen molar-refractivity contribution in [3.63, 3.8) is 0 Å². The lowest BCUT2D eigenvalue weighted by Gasteiger charge is -2.24. The normalized spacial score (nSPS) is 16.3. The maximum absolute atomic E-state index is 12.9. The Morgan fingerprint density at radius 2 is 1.74 bits per heavy atom. The number of rotatable bonds is 8. The number of aromatic nitrogens is 1. The molecular weight excluding hydrogens is 386 g/mol. The Hall–Kier alpha value is -2.36. The number of nitrogens with one attached hydrogen (secondary N) is 1. The van der Waals surface area contributed by atoms with Gasteiger partial charge in [-0.15, -0.1) is 0 Å². The van der Waals surface area contributed by atoms with Gasteiger partial charge in [0.05, 0.1) is 6.61 Å². The number of unbranched alkanes of at least 4 members (excludes halogenated alkanes) is 4. The number of carbonyl (C=O) groups is 2. The predicted octanol–water partition coefficient (Wildman–Crippen LogP) is 6.66. The van der Waals surface area contributed by atoms with Crippen molar-refractivity contribution < 1.29 is 14.3 Å². The van der Waals surface area contributed by atoms with E-state index in [1.165, 1.54) is 30.4 Å². The lowest BCUT2D eigenvalue weighted by molar-refractivity contribution is 0.0490. The lowest BCUT2D eigenvalue weighted by Crippen LogP contribution is -2.19. The molecule has 31 heavy (non-hydrogen) atoms. The Kier molecular flexibility index (Phi) is 7.40. The van der Waals surface area contributed by atoms with Crippen LogP contribution in [0.4, 0.5) is 0 Å². The molecule has 0 radical (unpaired) electrons. The number of carbonyl (C=O) groups excluding carboxylic acids is 2. The van der Waals surface area contributed by atoms with E-state index in [1.54, 1.807) is 0 Å². The molecule has 1 N–H and O–H groups in total. The minimum Gasteiger partial charge on any atom is -0.461 e. The molecule has 1 aliphatic rings. The van der Waals surface area contributed by atoms with Gasteiger partial charge in [0.15, 0.2) is 5.78 Å². The number of hydrogen-bond donors (Lipinski definition) is 1. The van der Waals surface area contributed by atoms with Crippen LogP contribution in [0.5, 0.6) is 0 Å². The van der Waals surface area contributed by atoms with E-state index in [9.17, 15) is 9.59 Å². The number of hydrogen-bond acceptors (Lipinski definition) is 3. The van der Waals surface area contributed by atoms with Crippen molar-refractivity contribution >= 4 is 11.8 Å². The molecule has 0 saturated heterocycles. The lowest BCUT2D eigenvalue weighted by atomic mass is 9.80. The quantitative estimate of drug-likeness (QED) is 0.381. The summed E-state index contributed by atoms with van der Waals surface area (Å²) < 4.78 is 5.48. The van der Waals surface area contributed by atoms with E-state index in [4.69, 9.17) is 4.74 Å². The number of H-pyrrole nitrogens is 1. The summed E-state index contributed by atoms with van der Waals surface area (Å²) in [6, 6.07) is 8.62. The summed E-state index contributed by atoms with van der Waals surface area (Å²) in [4.78, 5) is 28.8. The number of aromatic amines is 1. The third-order valence-electron chi connectivity index (χ3n) is 6.42. The Morgan fingerprint density at radius 1 is 1.06 bits per heavy atom. The maximum Gasteiger partial charge on any atom is 0.355 e. The van der Waals surface area contributed by atoms with Crippen molar-refractivity contribution in [1.82, 2.24) is 4.98 Å². The van der Waals surface area contributed by atoms with E-state index >= 15 is 0 Å². The molecule has 4 nitrogen and oxygen atoms in total. The fourth-order valence-corrected chi connectivity index (χ4v) is 4.47. The zero-order chi connectivity index (χ0) is 22.6. The molecular formula is C27H37NO3. The first kappa shape index (κ1) is 23.3. The Morgan fingerprint density at radius 3 is 2.39 bits per heavy atom. The summed E-state index contributed by atoms with van der Waals surface area (Å²) >= 11 is 0. The van der Waals surface area contributed by atoms with Crippen LogP contribution in [0.1, 0.15) is 115 Å². The molecule has 1 aliphatic carbocycles. The van der Waals surface area contributed by atoms with Crippen molar-refractivity contribution in [1.29, 1.82) is 0 Å². The Bertz CT molecular complexity index is 915. The monoisotopic (exact) mass is 423 g/mol. The van der Waals surface area contributed by atoms with E-state index in [-0.39, 0.29) is 23.1 Å². The summed E-state index contributed by atoms with van der Waals surface area (Å²) in [6.07, 6.45) is 6.78. The van der Waals surface area contributed by atoms with Crippen molar-refractivity contribution in [3.05, 3.63) is 57.9 Å². The largest absolute Gasteiger partial charge is 0.461 e. The number of ketones is 1. The van der Waals surface area contributed by atoms with E-state index in [0.29, 0.717) is 24.3 Å². The predicted molar refractivity (Wildman–Crippen MR) is 125 cm³/mol. The average molecular weight is 424 g/mol. The summed E-state index contributed by atoms with van der Waals surface area (Å²) in [7, 11) is 0. The third kappa shape index (κ3) is 5.47. The van der Waals surface area contributed by atoms with Crippen LogP contribution in [-0.4, -0.2) is 23.3 Å². The van der Waals surface area contributed by atoms with Crippen molar-refractivity contribution in [2.24, 2.45) is 0 Å². The van der Waals surface area contributed by atoms with Gasteiger partial charge in [-0.3, -0.25) is 4.79 Å². The minimum absolute atomic E-state index is 0.107. The van der Waals surface area contributed by atoms with Crippen LogP contribution >= 0.6 is 0 Å². The smallest absolute Gasteiger partial charge is 0.355 e. The molecule has 0 unspecified atom stereocenters. The highest BCUT2D eigenvalue weighted by atomic mass is 16.5. The van der Waals surface area contributed by atoms with Crippen LogP contribution in [0.25, 0.3) is 0 Å². The van der Waals surface area contributed by atoms with Crippen LogP contribution in [0.15, 0.2) is 24.3 Å². The van der Waals surface area contributed by atoms with Gasteiger partial charge in [0.1, 0.15) is 5.69 Å². The molecule has 3 rings (SSSR count). The standard InChI is InChI=1S/C27H37NO3/c1-6-7-8-9-10-15-31-26(30)25-18(2)24-22(28-25)16-20(17-23(24)29)19-11-13-21(14-12-19)27(3,4)5/h11-14,20,28H,6-10,15-17H2,1-5H3/t20-/m0/s1. The van der Waals surface area contributed by atoms with Gasteiger partial charge in [-0.05, 0) is 47.8 Å². The van der Waals surface area contributed by atoms with E-state index in [0.717, 1.165) is 30.5 Å². The van der Waals surface area contributed by atoms with Gasteiger partial charge in [0, 0.05) is 17.7 Å². The Balaban J connectivity index is 1.68. The van der Waals surface area contributed by atoms with Crippen LogP contribution in [0.3, 0.4) is 0 Å². The van der Waals surface area contributed by atoms with Gasteiger partial charge in [0.25, 0.3) is 0 Å². The summed E-state index contributed by atoms with van der Waals surface area (Å²) in [5.41, 5.74) is 5.31.